The summed E-state index contributed by atoms with van der Waals surface area (Å²) in [6, 6.07) is 3.92. The van der Waals surface area contributed by atoms with Gasteiger partial charge in [0.1, 0.15) is 12.4 Å². The number of nitrogens with zero attached hydrogens (tertiary/aromatic N) is 2. The van der Waals surface area contributed by atoms with Gasteiger partial charge in [0.05, 0.1) is 11.4 Å². The average molecular weight is 492 g/mol. The molecule has 1 aliphatic heterocycles. The number of carbonyl (C=O) groups is 3. The van der Waals surface area contributed by atoms with Crippen LogP contribution in [-0.2, 0) is 9.59 Å². The highest BCUT2D eigenvalue weighted by Gasteiger charge is 2.23. The Balaban J connectivity index is 1.49. The standard InChI is InChI=1S/C25H38FN5O4/c1-18(14-24(33)31(17-23(32)29-35)13-10-19-6-2-3-7-19)16-27-25(34)28-21-15-20(26)8-9-22(21)30-11-4-5-12-30/h8-9,15,18-19,35H,2-7,10-14,16-17H2,1H3,(H,29,32)(H2,27,28,34)/t18-/m0/s1. The largest absolute Gasteiger partial charge is 0.370 e. The summed E-state index contributed by atoms with van der Waals surface area (Å²) in [7, 11) is 0. The first-order valence-corrected chi connectivity index (χ1v) is 12.7. The number of hydrogen-bond acceptors (Lipinski definition) is 5. The van der Waals surface area contributed by atoms with E-state index >= 15 is 0 Å². The van der Waals surface area contributed by atoms with E-state index in [1.54, 1.807) is 11.5 Å². The van der Waals surface area contributed by atoms with Gasteiger partial charge in [0.15, 0.2) is 0 Å². The van der Waals surface area contributed by atoms with Gasteiger partial charge in [-0.1, -0.05) is 32.6 Å². The smallest absolute Gasteiger partial charge is 0.319 e. The molecule has 0 spiro atoms. The Kier molecular flexibility index (Phi) is 10.1. The fourth-order valence-electron chi connectivity index (χ4n) is 4.91. The van der Waals surface area contributed by atoms with Crippen LogP contribution in [0.5, 0.6) is 0 Å². The number of rotatable bonds is 11. The average Bonchev–Trinajstić information content (AvgIpc) is 3.55. The third-order valence-electron chi connectivity index (χ3n) is 6.88. The minimum absolute atomic E-state index is 0.155. The molecule has 194 valence electrons. The van der Waals surface area contributed by atoms with Crippen molar-refractivity contribution in [1.82, 2.24) is 15.7 Å². The molecule has 1 aromatic rings. The lowest BCUT2D eigenvalue weighted by Gasteiger charge is -2.25. The minimum Gasteiger partial charge on any atom is -0.370 e. The Labute approximate surface area is 206 Å². The van der Waals surface area contributed by atoms with Crippen molar-refractivity contribution in [1.29, 1.82) is 0 Å². The number of amides is 4. The Hall–Kier alpha value is -2.88. The van der Waals surface area contributed by atoms with Crippen LogP contribution in [0.1, 0.15) is 58.3 Å². The SMILES string of the molecule is C[C@H](CNC(=O)Nc1cc(F)ccc1N1CCCC1)CC(=O)N(CCC1CCCC1)CC(=O)NO. The Morgan fingerprint density at radius 2 is 1.89 bits per heavy atom. The maximum atomic E-state index is 13.8. The molecule has 0 bridgehead atoms. The molecule has 1 aromatic carbocycles. The van der Waals surface area contributed by atoms with Gasteiger partial charge in [-0.3, -0.25) is 14.8 Å². The Morgan fingerprint density at radius 1 is 1.17 bits per heavy atom. The zero-order valence-electron chi connectivity index (χ0n) is 20.5. The number of anilines is 2. The molecule has 0 aromatic heterocycles. The molecule has 1 saturated carbocycles. The van der Waals surface area contributed by atoms with E-state index in [1.807, 2.05) is 6.92 Å². The first-order valence-electron chi connectivity index (χ1n) is 12.7. The van der Waals surface area contributed by atoms with Gasteiger partial charge in [-0.05, 0) is 49.3 Å². The Bertz CT molecular complexity index is 871. The van der Waals surface area contributed by atoms with Crippen molar-refractivity contribution < 1.29 is 24.0 Å². The van der Waals surface area contributed by atoms with Gasteiger partial charge in [-0.2, -0.15) is 0 Å². The molecule has 0 radical (unpaired) electrons. The summed E-state index contributed by atoms with van der Waals surface area (Å²) < 4.78 is 13.8. The second-order valence-corrected chi connectivity index (χ2v) is 9.79. The van der Waals surface area contributed by atoms with Crippen LogP contribution in [0.4, 0.5) is 20.6 Å². The van der Waals surface area contributed by atoms with Gasteiger partial charge in [0, 0.05) is 32.6 Å². The molecule has 10 heteroatoms. The number of carbonyl (C=O) groups excluding carboxylic acids is 3. The predicted octanol–water partition coefficient (Wildman–Crippen LogP) is 3.49. The quantitative estimate of drug-likeness (QED) is 0.280. The minimum atomic E-state index is -0.626. The molecule has 2 fully saturated rings. The summed E-state index contributed by atoms with van der Waals surface area (Å²) in [6.07, 6.45) is 7.82. The van der Waals surface area contributed by atoms with Crippen LogP contribution < -0.4 is 21.0 Å². The first-order chi connectivity index (χ1) is 16.9. The predicted molar refractivity (Wildman–Crippen MR) is 132 cm³/mol. The van der Waals surface area contributed by atoms with Crippen LogP contribution in [0.2, 0.25) is 0 Å². The van der Waals surface area contributed by atoms with E-state index in [9.17, 15) is 18.8 Å². The highest BCUT2D eigenvalue weighted by molar-refractivity contribution is 5.93. The van der Waals surface area contributed by atoms with E-state index in [-0.39, 0.29) is 31.3 Å². The molecule has 1 saturated heterocycles. The molecular formula is C25H38FN5O4. The van der Waals surface area contributed by atoms with Crippen molar-refractivity contribution in [3.63, 3.8) is 0 Å². The van der Waals surface area contributed by atoms with E-state index in [1.165, 1.54) is 29.9 Å². The fourth-order valence-corrected chi connectivity index (χ4v) is 4.91. The van der Waals surface area contributed by atoms with Crippen LogP contribution in [0.25, 0.3) is 0 Å². The van der Waals surface area contributed by atoms with Gasteiger partial charge in [0.25, 0.3) is 5.91 Å². The second kappa shape index (κ2) is 13.3. The van der Waals surface area contributed by atoms with Crippen LogP contribution in [-0.4, -0.2) is 60.7 Å². The Morgan fingerprint density at radius 3 is 2.57 bits per heavy atom. The lowest BCUT2D eigenvalue weighted by molar-refractivity contribution is -0.140. The van der Waals surface area contributed by atoms with Crippen molar-refractivity contribution in [3.05, 3.63) is 24.0 Å². The molecule has 4 N–H and O–H groups in total. The summed E-state index contributed by atoms with van der Waals surface area (Å²) in [4.78, 5) is 40.7. The molecule has 1 aliphatic carbocycles. The number of hydrogen-bond donors (Lipinski definition) is 4. The maximum Gasteiger partial charge on any atom is 0.319 e. The van der Waals surface area contributed by atoms with E-state index in [2.05, 4.69) is 15.5 Å². The lowest BCUT2D eigenvalue weighted by Crippen LogP contribution is -2.42. The number of benzene rings is 1. The molecule has 4 amide bonds. The highest BCUT2D eigenvalue weighted by Crippen LogP contribution is 2.30. The molecular weight excluding hydrogens is 453 g/mol. The third kappa shape index (κ3) is 8.38. The van der Waals surface area contributed by atoms with Crippen molar-refractivity contribution in [2.75, 3.05) is 42.9 Å². The summed E-state index contributed by atoms with van der Waals surface area (Å²) >= 11 is 0. The van der Waals surface area contributed by atoms with Crippen LogP contribution in [0.15, 0.2) is 18.2 Å². The topological polar surface area (TPSA) is 114 Å². The van der Waals surface area contributed by atoms with Crippen LogP contribution in [0, 0.1) is 17.7 Å². The maximum absolute atomic E-state index is 13.8. The molecule has 1 heterocycles. The zero-order valence-corrected chi connectivity index (χ0v) is 20.5. The zero-order chi connectivity index (χ0) is 25.2. The van der Waals surface area contributed by atoms with Gasteiger partial charge in [-0.25, -0.2) is 14.7 Å². The third-order valence-corrected chi connectivity index (χ3v) is 6.88. The second-order valence-electron chi connectivity index (χ2n) is 9.79. The van der Waals surface area contributed by atoms with Gasteiger partial charge in [-0.15, -0.1) is 0 Å². The summed E-state index contributed by atoms with van der Waals surface area (Å²) in [5.41, 5.74) is 2.81. The number of halogens is 1. The number of urea groups is 1. The summed E-state index contributed by atoms with van der Waals surface area (Å²) in [5.74, 6) is -0.850. The molecule has 9 nitrogen and oxygen atoms in total. The van der Waals surface area contributed by atoms with Crippen molar-refractivity contribution in [2.45, 2.75) is 58.3 Å². The van der Waals surface area contributed by atoms with Gasteiger partial charge >= 0.3 is 6.03 Å². The summed E-state index contributed by atoms with van der Waals surface area (Å²) in [6.45, 7) is 4.10. The molecule has 3 rings (SSSR count). The van der Waals surface area contributed by atoms with Gasteiger partial charge < -0.3 is 20.4 Å². The van der Waals surface area contributed by atoms with Gasteiger partial charge in [0.2, 0.25) is 5.91 Å². The number of nitrogens with one attached hydrogen (secondary N) is 3. The van der Waals surface area contributed by atoms with Crippen LogP contribution in [0.3, 0.4) is 0 Å². The van der Waals surface area contributed by atoms with Crippen LogP contribution >= 0.6 is 0 Å². The number of hydroxylamine groups is 1. The fraction of sp³-hybridized carbons (Fsp3) is 0.640. The lowest BCUT2D eigenvalue weighted by atomic mass is 10.0. The van der Waals surface area contributed by atoms with E-state index in [0.717, 1.165) is 50.9 Å². The first kappa shape index (κ1) is 26.7. The van der Waals surface area contributed by atoms with E-state index in [4.69, 9.17) is 5.21 Å². The van der Waals surface area contributed by atoms with Crippen molar-refractivity contribution in [3.8, 4) is 0 Å². The molecule has 0 unspecified atom stereocenters. The van der Waals surface area contributed by atoms with E-state index in [0.29, 0.717) is 18.2 Å². The van der Waals surface area contributed by atoms with Crippen molar-refractivity contribution in [2.24, 2.45) is 11.8 Å². The molecule has 35 heavy (non-hydrogen) atoms. The van der Waals surface area contributed by atoms with E-state index < -0.39 is 17.8 Å². The molecule has 1 atom stereocenters. The monoisotopic (exact) mass is 491 g/mol. The molecule has 2 aliphatic rings. The van der Waals surface area contributed by atoms with Crippen molar-refractivity contribution >= 4 is 29.2 Å². The normalized spacial score (nSPS) is 16.7. The summed E-state index contributed by atoms with van der Waals surface area (Å²) in [5, 5.41) is 14.4. The highest BCUT2D eigenvalue weighted by atomic mass is 19.1.